The molecule has 2 aromatic rings. The van der Waals surface area contributed by atoms with Crippen molar-refractivity contribution in [3.8, 4) is 5.69 Å². The van der Waals surface area contributed by atoms with Gasteiger partial charge in [-0.25, -0.2) is 9.48 Å². The van der Waals surface area contributed by atoms with Crippen LogP contribution in [0.5, 0.6) is 0 Å². The second-order valence-corrected chi connectivity index (χ2v) is 4.87. The van der Waals surface area contributed by atoms with E-state index in [0.29, 0.717) is 0 Å². The standard InChI is InChI=1S/C14H20N6O/c1-4-11(5-2)16-14(21)17-13-8-12(7-6-10(13)3)20-9-15-18-19-20/h6-9,11H,4-5H2,1-3H3,(H2,16,17,21). The van der Waals surface area contributed by atoms with Crippen LogP contribution in [-0.4, -0.2) is 32.3 Å². The van der Waals surface area contributed by atoms with Gasteiger partial charge in [0.05, 0.1) is 5.69 Å². The zero-order chi connectivity index (χ0) is 15.2. The van der Waals surface area contributed by atoms with E-state index in [4.69, 9.17) is 0 Å². The van der Waals surface area contributed by atoms with Crippen molar-refractivity contribution in [1.29, 1.82) is 0 Å². The predicted molar refractivity (Wildman–Crippen MR) is 80.4 cm³/mol. The summed E-state index contributed by atoms with van der Waals surface area (Å²) in [5, 5.41) is 16.9. The van der Waals surface area contributed by atoms with Gasteiger partial charge in [-0.15, -0.1) is 5.10 Å². The highest BCUT2D eigenvalue weighted by Crippen LogP contribution is 2.18. The number of tetrazole rings is 1. The molecule has 1 aromatic heterocycles. The molecule has 0 aliphatic rings. The molecular weight excluding hydrogens is 268 g/mol. The van der Waals surface area contributed by atoms with E-state index in [1.165, 1.54) is 6.33 Å². The van der Waals surface area contributed by atoms with E-state index in [-0.39, 0.29) is 12.1 Å². The van der Waals surface area contributed by atoms with Crippen LogP contribution in [0.2, 0.25) is 0 Å². The zero-order valence-corrected chi connectivity index (χ0v) is 12.5. The van der Waals surface area contributed by atoms with Crippen LogP contribution in [0.4, 0.5) is 10.5 Å². The van der Waals surface area contributed by atoms with Crippen LogP contribution in [0.25, 0.3) is 5.69 Å². The molecule has 0 bridgehead atoms. The lowest BCUT2D eigenvalue weighted by molar-refractivity contribution is 0.247. The summed E-state index contributed by atoms with van der Waals surface area (Å²) in [4.78, 5) is 12.0. The largest absolute Gasteiger partial charge is 0.335 e. The molecule has 2 amide bonds. The van der Waals surface area contributed by atoms with Gasteiger partial charge >= 0.3 is 6.03 Å². The molecule has 2 N–H and O–H groups in total. The summed E-state index contributed by atoms with van der Waals surface area (Å²) in [6.07, 6.45) is 3.33. The number of nitrogens with one attached hydrogen (secondary N) is 2. The van der Waals surface area contributed by atoms with E-state index < -0.39 is 0 Å². The molecule has 1 aromatic carbocycles. The van der Waals surface area contributed by atoms with Crippen molar-refractivity contribution in [3.63, 3.8) is 0 Å². The first-order valence-corrected chi connectivity index (χ1v) is 7.05. The van der Waals surface area contributed by atoms with Crippen LogP contribution in [-0.2, 0) is 0 Å². The zero-order valence-electron chi connectivity index (χ0n) is 12.5. The Morgan fingerprint density at radius 2 is 2.10 bits per heavy atom. The van der Waals surface area contributed by atoms with Crippen molar-refractivity contribution < 1.29 is 4.79 Å². The van der Waals surface area contributed by atoms with Gasteiger partial charge < -0.3 is 10.6 Å². The van der Waals surface area contributed by atoms with Gasteiger partial charge in [0.25, 0.3) is 0 Å². The fourth-order valence-electron chi connectivity index (χ4n) is 2.00. The first-order valence-electron chi connectivity index (χ1n) is 7.05. The molecule has 7 heteroatoms. The third-order valence-corrected chi connectivity index (χ3v) is 3.40. The first-order chi connectivity index (χ1) is 10.1. The molecule has 2 rings (SSSR count). The Labute approximate surface area is 123 Å². The maximum absolute atomic E-state index is 12.0. The second kappa shape index (κ2) is 6.83. The third-order valence-electron chi connectivity index (χ3n) is 3.40. The number of anilines is 1. The van der Waals surface area contributed by atoms with E-state index in [1.807, 2.05) is 25.1 Å². The third kappa shape index (κ3) is 3.77. The maximum atomic E-state index is 12.0. The summed E-state index contributed by atoms with van der Waals surface area (Å²) in [6, 6.07) is 5.66. The smallest absolute Gasteiger partial charge is 0.319 e. The van der Waals surface area contributed by atoms with Crippen LogP contribution in [0.3, 0.4) is 0 Å². The number of hydrogen-bond acceptors (Lipinski definition) is 4. The number of aromatic nitrogens is 4. The molecule has 0 fully saturated rings. The molecular formula is C14H20N6O. The SMILES string of the molecule is CCC(CC)NC(=O)Nc1cc(-n2cnnn2)ccc1C. The van der Waals surface area contributed by atoms with E-state index in [9.17, 15) is 4.79 Å². The minimum Gasteiger partial charge on any atom is -0.335 e. The highest BCUT2D eigenvalue weighted by atomic mass is 16.2. The lowest BCUT2D eigenvalue weighted by atomic mass is 10.1. The molecule has 0 atom stereocenters. The molecule has 112 valence electrons. The van der Waals surface area contributed by atoms with Crippen LogP contribution in [0.15, 0.2) is 24.5 Å². The summed E-state index contributed by atoms with van der Waals surface area (Å²) in [5.41, 5.74) is 2.52. The van der Waals surface area contributed by atoms with Gasteiger partial charge in [-0.1, -0.05) is 19.9 Å². The van der Waals surface area contributed by atoms with Gasteiger partial charge in [0.1, 0.15) is 6.33 Å². The van der Waals surface area contributed by atoms with E-state index in [2.05, 4.69) is 40.0 Å². The Morgan fingerprint density at radius 3 is 2.71 bits per heavy atom. The molecule has 1 heterocycles. The van der Waals surface area contributed by atoms with Gasteiger partial charge in [0, 0.05) is 11.7 Å². The number of hydrogen-bond donors (Lipinski definition) is 2. The molecule has 0 aliphatic carbocycles. The molecule has 0 saturated carbocycles. The van der Waals surface area contributed by atoms with Crippen molar-refractivity contribution >= 4 is 11.7 Å². The number of benzene rings is 1. The molecule has 0 aliphatic heterocycles. The van der Waals surface area contributed by atoms with Gasteiger partial charge in [0.2, 0.25) is 0 Å². The quantitative estimate of drug-likeness (QED) is 0.884. The molecule has 0 spiro atoms. The Bertz CT molecular complexity index is 592. The topological polar surface area (TPSA) is 84.7 Å². The predicted octanol–water partition coefficient (Wildman–Crippen LogP) is 2.28. The fourth-order valence-corrected chi connectivity index (χ4v) is 2.00. The number of rotatable bonds is 5. The van der Waals surface area contributed by atoms with Crippen molar-refractivity contribution in [3.05, 3.63) is 30.1 Å². The molecule has 0 radical (unpaired) electrons. The van der Waals surface area contributed by atoms with Gasteiger partial charge in [0.15, 0.2) is 0 Å². The van der Waals surface area contributed by atoms with Crippen molar-refractivity contribution in [2.75, 3.05) is 5.32 Å². The Kier molecular flexibility index (Phi) is 4.86. The van der Waals surface area contributed by atoms with E-state index in [0.717, 1.165) is 29.8 Å². The lowest BCUT2D eigenvalue weighted by Crippen LogP contribution is -2.37. The van der Waals surface area contributed by atoms with Crippen LogP contribution in [0.1, 0.15) is 32.3 Å². The number of carbonyl (C=O) groups excluding carboxylic acids is 1. The molecule has 21 heavy (non-hydrogen) atoms. The molecule has 0 unspecified atom stereocenters. The number of carbonyl (C=O) groups is 1. The van der Waals surface area contributed by atoms with Crippen LogP contribution < -0.4 is 10.6 Å². The summed E-state index contributed by atoms with van der Waals surface area (Å²) < 4.78 is 1.55. The minimum atomic E-state index is -0.194. The summed E-state index contributed by atoms with van der Waals surface area (Å²) in [7, 11) is 0. The summed E-state index contributed by atoms with van der Waals surface area (Å²) in [5.74, 6) is 0. The highest BCUT2D eigenvalue weighted by molar-refractivity contribution is 5.90. The maximum Gasteiger partial charge on any atom is 0.319 e. The lowest BCUT2D eigenvalue weighted by Gasteiger charge is -2.16. The Morgan fingerprint density at radius 1 is 1.33 bits per heavy atom. The number of nitrogens with zero attached hydrogens (tertiary/aromatic N) is 4. The van der Waals surface area contributed by atoms with Crippen molar-refractivity contribution in [2.24, 2.45) is 0 Å². The Balaban J connectivity index is 2.12. The monoisotopic (exact) mass is 288 g/mol. The van der Waals surface area contributed by atoms with Gasteiger partial charge in [-0.2, -0.15) is 0 Å². The number of urea groups is 1. The highest BCUT2D eigenvalue weighted by Gasteiger charge is 2.10. The van der Waals surface area contributed by atoms with Crippen molar-refractivity contribution in [2.45, 2.75) is 39.7 Å². The van der Waals surface area contributed by atoms with E-state index >= 15 is 0 Å². The van der Waals surface area contributed by atoms with Crippen LogP contribution in [0, 0.1) is 6.92 Å². The first kappa shape index (κ1) is 15.0. The van der Waals surface area contributed by atoms with Gasteiger partial charge in [-0.3, -0.25) is 0 Å². The minimum absolute atomic E-state index is 0.188. The molecule has 0 saturated heterocycles. The van der Waals surface area contributed by atoms with E-state index in [1.54, 1.807) is 4.68 Å². The van der Waals surface area contributed by atoms with Crippen LogP contribution >= 0.6 is 0 Å². The average molecular weight is 288 g/mol. The summed E-state index contributed by atoms with van der Waals surface area (Å²) in [6.45, 7) is 6.05. The Hall–Kier alpha value is -2.44. The number of aryl methyl sites for hydroxylation is 1. The molecule has 7 nitrogen and oxygen atoms in total. The van der Waals surface area contributed by atoms with Gasteiger partial charge in [-0.05, 0) is 47.9 Å². The average Bonchev–Trinajstić information content (AvgIpc) is 3.01. The number of amides is 2. The normalized spacial score (nSPS) is 10.7. The van der Waals surface area contributed by atoms with Crippen molar-refractivity contribution in [1.82, 2.24) is 25.5 Å². The second-order valence-electron chi connectivity index (χ2n) is 4.87. The summed E-state index contributed by atoms with van der Waals surface area (Å²) >= 11 is 0. The fraction of sp³-hybridized carbons (Fsp3) is 0.429.